The zero-order valence-corrected chi connectivity index (χ0v) is 11.9. The second kappa shape index (κ2) is 7.82. The Morgan fingerprint density at radius 2 is 2.21 bits per heavy atom. The summed E-state index contributed by atoms with van der Waals surface area (Å²) in [5, 5.41) is 3.43. The number of amides is 1. The normalized spacial score (nSPS) is 27.4. The fourth-order valence-corrected chi connectivity index (χ4v) is 3.11. The van der Waals surface area contributed by atoms with Crippen LogP contribution in [0, 0.1) is 5.92 Å². The smallest absolute Gasteiger partial charge is 0.222 e. The van der Waals surface area contributed by atoms with Crippen molar-refractivity contribution in [2.45, 2.75) is 31.7 Å². The van der Waals surface area contributed by atoms with Gasteiger partial charge in [0.05, 0.1) is 6.61 Å². The Balaban J connectivity index is 1.71. The maximum absolute atomic E-state index is 12.0. The number of piperidine rings is 2. The molecule has 0 radical (unpaired) electrons. The van der Waals surface area contributed by atoms with E-state index in [1.54, 1.807) is 7.11 Å². The highest BCUT2D eigenvalue weighted by atomic mass is 16.5. The number of carbonyl (C=O) groups excluding carboxylic acids is 1. The first-order valence-corrected chi connectivity index (χ1v) is 7.40. The Bertz CT molecular complexity index is 286. The van der Waals surface area contributed by atoms with Gasteiger partial charge in [-0.2, -0.15) is 0 Å². The lowest BCUT2D eigenvalue weighted by Gasteiger charge is -2.44. The van der Waals surface area contributed by atoms with Crippen LogP contribution >= 0.6 is 0 Å². The van der Waals surface area contributed by atoms with Gasteiger partial charge in [0.15, 0.2) is 0 Å². The van der Waals surface area contributed by atoms with Gasteiger partial charge in [0.1, 0.15) is 0 Å². The minimum absolute atomic E-state index is 0.309. The van der Waals surface area contributed by atoms with E-state index in [-0.39, 0.29) is 0 Å². The number of fused-ring (bicyclic) bond motifs is 1. The highest BCUT2D eigenvalue weighted by Gasteiger charge is 2.36. The predicted molar refractivity (Wildman–Crippen MR) is 73.0 cm³/mol. The van der Waals surface area contributed by atoms with Gasteiger partial charge in [-0.15, -0.1) is 0 Å². The van der Waals surface area contributed by atoms with E-state index in [0.29, 0.717) is 37.5 Å². The molecule has 2 fully saturated rings. The molecular weight excluding hydrogens is 244 g/mol. The largest absolute Gasteiger partial charge is 0.385 e. The van der Waals surface area contributed by atoms with E-state index in [4.69, 9.17) is 9.47 Å². The van der Waals surface area contributed by atoms with Gasteiger partial charge in [-0.25, -0.2) is 0 Å². The zero-order chi connectivity index (χ0) is 13.5. The van der Waals surface area contributed by atoms with Crippen molar-refractivity contribution in [1.82, 2.24) is 10.2 Å². The molecule has 2 heterocycles. The van der Waals surface area contributed by atoms with Gasteiger partial charge in [0, 0.05) is 39.3 Å². The summed E-state index contributed by atoms with van der Waals surface area (Å²) in [6, 6.07) is 0.435. The lowest BCUT2D eigenvalue weighted by molar-refractivity contribution is -0.140. The number of hydrogen-bond donors (Lipinski definition) is 1. The van der Waals surface area contributed by atoms with Crippen LogP contribution in [0.25, 0.3) is 0 Å². The number of ether oxygens (including phenoxy) is 2. The summed E-state index contributed by atoms with van der Waals surface area (Å²) in [7, 11) is 1.70. The molecule has 0 aromatic rings. The summed E-state index contributed by atoms with van der Waals surface area (Å²) < 4.78 is 10.6. The first-order chi connectivity index (χ1) is 9.33. The minimum Gasteiger partial charge on any atom is -0.385 e. The summed E-state index contributed by atoms with van der Waals surface area (Å²) in [5.74, 6) is 0.948. The maximum Gasteiger partial charge on any atom is 0.222 e. The van der Waals surface area contributed by atoms with Crippen molar-refractivity contribution in [3.8, 4) is 0 Å². The Morgan fingerprint density at radius 3 is 3.05 bits per heavy atom. The summed E-state index contributed by atoms with van der Waals surface area (Å²) >= 11 is 0. The molecule has 2 atom stereocenters. The molecule has 0 aromatic heterocycles. The molecule has 2 unspecified atom stereocenters. The number of carbonyl (C=O) groups is 1. The van der Waals surface area contributed by atoms with Crippen LogP contribution < -0.4 is 5.32 Å². The molecule has 110 valence electrons. The molecule has 0 spiro atoms. The van der Waals surface area contributed by atoms with Crippen molar-refractivity contribution in [2.75, 3.05) is 46.6 Å². The first kappa shape index (κ1) is 14.8. The van der Waals surface area contributed by atoms with Crippen LogP contribution in [0.2, 0.25) is 0 Å². The van der Waals surface area contributed by atoms with Crippen molar-refractivity contribution in [3.05, 3.63) is 0 Å². The Kier molecular flexibility index (Phi) is 6.07. The fraction of sp³-hybridized carbons (Fsp3) is 0.929. The molecule has 2 rings (SSSR count). The lowest BCUT2D eigenvalue weighted by Crippen LogP contribution is -2.55. The van der Waals surface area contributed by atoms with Crippen molar-refractivity contribution in [2.24, 2.45) is 5.92 Å². The van der Waals surface area contributed by atoms with Crippen molar-refractivity contribution < 1.29 is 14.3 Å². The van der Waals surface area contributed by atoms with Gasteiger partial charge in [-0.3, -0.25) is 4.79 Å². The SMILES string of the molecule is COCCCOCCN1C(=O)CCC2CNCCC21. The monoisotopic (exact) mass is 270 g/mol. The molecule has 2 aliphatic heterocycles. The van der Waals surface area contributed by atoms with Crippen LogP contribution in [0.3, 0.4) is 0 Å². The first-order valence-electron chi connectivity index (χ1n) is 7.40. The average molecular weight is 270 g/mol. The van der Waals surface area contributed by atoms with Crippen molar-refractivity contribution >= 4 is 5.91 Å². The number of hydrogen-bond acceptors (Lipinski definition) is 4. The van der Waals surface area contributed by atoms with Gasteiger partial charge < -0.3 is 19.7 Å². The third-order valence-electron chi connectivity index (χ3n) is 4.13. The van der Waals surface area contributed by atoms with Crippen LogP contribution in [-0.4, -0.2) is 63.4 Å². The molecule has 1 N–H and O–H groups in total. The maximum atomic E-state index is 12.0. The van der Waals surface area contributed by atoms with Gasteiger partial charge in [0.2, 0.25) is 5.91 Å². The second-order valence-corrected chi connectivity index (χ2v) is 5.40. The third kappa shape index (κ3) is 4.16. The second-order valence-electron chi connectivity index (χ2n) is 5.40. The number of methoxy groups -OCH3 is 1. The van der Waals surface area contributed by atoms with E-state index in [9.17, 15) is 4.79 Å². The van der Waals surface area contributed by atoms with Gasteiger partial charge in [0.25, 0.3) is 0 Å². The molecule has 19 heavy (non-hydrogen) atoms. The van der Waals surface area contributed by atoms with E-state index in [0.717, 1.165) is 45.5 Å². The van der Waals surface area contributed by atoms with Gasteiger partial charge in [-0.1, -0.05) is 0 Å². The summed E-state index contributed by atoms with van der Waals surface area (Å²) in [6.45, 7) is 4.92. The van der Waals surface area contributed by atoms with E-state index in [1.165, 1.54) is 0 Å². The standard InChI is InChI=1S/C14H26N2O3/c1-18-8-2-9-19-10-7-16-13-5-6-15-11-12(13)3-4-14(16)17/h12-13,15H,2-11H2,1H3. The highest BCUT2D eigenvalue weighted by molar-refractivity contribution is 5.77. The van der Waals surface area contributed by atoms with Crippen LogP contribution in [0.5, 0.6) is 0 Å². The third-order valence-corrected chi connectivity index (χ3v) is 4.13. The number of nitrogens with zero attached hydrogens (tertiary/aromatic N) is 1. The van der Waals surface area contributed by atoms with E-state index >= 15 is 0 Å². The quantitative estimate of drug-likeness (QED) is 0.690. The summed E-state index contributed by atoms with van der Waals surface area (Å²) in [5.41, 5.74) is 0. The molecule has 0 aromatic carbocycles. The average Bonchev–Trinajstić information content (AvgIpc) is 2.44. The topological polar surface area (TPSA) is 50.8 Å². The molecule has 2 aliphatic rings. The summed E-state index contributed by atoms with van der Waals surface area (Å²) in [4.78, 5) is 14.1. The number of rotatable bonds is 7. The predicted octanol–water partition coefficient (Wildman–Crippen LogP) is 0.640. The van der Waals surface area contributed by atoms with Crippen molar-refractivity contribution in [1.29, 1.82) is 0 Å². The Hall–Kier alpha value is -0.650. The summed E-state index contributed by atoms with van der Waals surface area (Å²) in [6.07, 6.45) is 3.74. The minimum atomic E-state index is 0.309. The van der Waals surface area contributed by atoms with Crippen LogP contribution in [0.15, 0.2) is 0 Å². The lowest BCUT2D eigenvalue weighted by atomic mass is 9.84. The zero-order valence-electron chi connectivity index (χ0n) is 11.9. The number of nitrogens with one attached hydrogen (secondary N) is 1. The molecule has 0 aliphatic carbocycles. The van der Waals surface area contributed by atoms with Crippen LogP contribution in [0.1, 0.15) is 25.7 Å². The van der Waals surface area contributed by atoms with Gasteiger partial charge in [-0.05, 0) is 38.3 Å². The van der Waals surface area contributed by atoms with E-state index in [2.05, 4.69) is 10.2 Å². The molecule has 1 amide bonds. The van der Waals surface area contributed by atoms with Crippen molar-refractivity contribution in [3.63, 3.8) is 0 Å². The fourth-order valence-electron chi connectivity index (χ4n) is 3.11. The molecule has 5 nitrogen and oxygen atoms in total. The highest BCUT2D eigenvalue weighted by Crippen LogP contribution is 2.28. The number of likely N-dealkylation sites (tertiary alicyclic amines) is 1. The Labute approximate surface area is 115 Å². The van der Waals surface area contributed by atoms with Crippen LogP contribution in [-0.2, 0) is 14.3 Å². The molecule has 0 saturated carbocycles. The van der Waals surface area contributed by atoms with Crippen LogP contribution in [0.4, 0.5) is 0 Å². The Morgan fingerprint density at radius 1 is 1.32 bits per heavy atom. The molecule has 5 heteroatoms. The van der Waals surface area contributed by atoms with Gasteiger partial charge >= 0.3 is 0 Å². The van der Waals surface area contributed by atoms with E-state index < -0.39 is 0 Å². The molecular formula is C14H26N2O3. The molecule has 0 bridgehead atoms. The molecule has 2 saturated heterocycles. The van der Waals surface area contributed by atoms with E-state index in [1.807, 2.05) is 0 Å².